The zero-order valence-electron chi connectivity index (χ0n) is 18.5. The number of fused-ring (bicyclic) bond motifs is 1. The number of aryl methyl sites for hydroxylation is 1. The molecule has 4 rings (SSSR count). The van der Waals surface area contributed by atoms with E-state index in [1.807, 2.05) is 48.7 Å². The standard InChI is InChI=1S/C26H24N2O5/c1-17-14-22(18(2)28(17)15-19-8-4-3-5-9-19)23(29)16-33-24(30)12-13-27-25(31)20-10-6-7-11-21(20)26(27)32/h3-11,14H,12-13,15-16H2,1-2H3. The number of benzene rings is 2. The summed E-state index contributed by atoms with van der Waals surface area (Å²) in [5.41, 5.74) is 4.04. The number of carbonyl (C=O) groups is 4. The van der Waals surface area contributed by atoms with Gasteiger partial charge in [-0.05, 0) is 37.6 Å². The first-order chi connectivity index (χ1) is 15.9. The van der Waals surface area contributed by atoms with Crippen LogP contribution in [0.3, 0.4) is 0 Å². The number of imide groups is 1. The van der Waals surface area contributed by atoms with E-state index in [2.05, 4.69) is 0 Å². The Morgan fingerprint density at radius 1 is 0.879 bits per heavy atom. The molecule has 7 nitrogen and oxygen atoms in total. The summed E-state index contributed by atoms with van der Waals surface area (Å²) in [6.45, 7) is 3.96. The molecule has 0 radical (unpaired) electrons. The Hall–Kier alpha value is -4.00. The molecule has 0 bridgehead atoms. The molecule has 33 heavy (non-hydrogen) atoms. The van der Waals surface area contributed by atoms with Gasteiger partial charge in [0.1, 0.15) is 0 Å². The minimum atomic E-state index is -0.641. The average molecular weight is 444 g/mol. The number of ether oxygens (including phenoxy) is 1. The molecule has 0 N–H and O–H groups in total. The third kappa shape index (κ3) is 4.48. The van der Waals surface area contributed by atoms with Gasteiger partial charge in [0.2, 0.25) is 5.78 Å². The summed E-state index contributed by atoms with van der Waals surface area (Å²) >= 11 is 0. The van der Waals surface area contributed by atoms with Crippen LogP contribution in [0.25, 0.3) is 0 Å². The van der Waals surface area contributed by atoms with Crippen LogP contribution in [0.4, 0.5) is 0 Å². The van der Waals surface area contributed by atoms with Crippen molar-refractivity contribution in [3.8, 4) is 0 Å². The van der Waals surface area contributed by atoms with Crippen molar-refractivity contribution < 1.29 is 23.9 Å². The van der Waals surface area contributed by atoms with E-state index in [0.717, 1.165) is 21.9 Å². The minimum absolute atomic E-state index is 0.0923. The summed E-state index contributed by atoms with van der Waals surface area (Å²) < 4.78 is 7.19. The Balaban J connectivity index is 1.32. The molecule has 0 spiro atoms. The van der Waals surface area contributed by atoms with Crippen molar-refractivity contribution in [2.45, 2.75) is 26.8 Å². The molecule has 2 amide bonds. The molecule has 0 saturated heterocycles. The van der Waals surface area contributed by atoms with Crippen molar-refractivity contribution in [3.63, 3.8) is 0 Å². The number of amides is 2. The summed E-state index contributed by atoms with van der Waals surface area (Å²) in [4.78, 5) is 50.7. The molecule has 0 saturated carbocycles. The lowest BCUT2D eigenvalue weighted by Crippen LogP contribution is -2.32. The zero-order valence-corrected chi connectivity index (χ0v) is 18.5. The highest BCUT2D eigenvalue weighted by atomic mass is 16.5. The van der Waals surface area contributed by atoms with E-state index in [1.54, 1.807) is 30.3 Å². The van der Waals surface area contributed by atoms with Crippen LogP contribution in [0.15, 0.2) is 60.7 Å². The number of nitrogens with zero attached hydrogens (tertiary/aromatic N) is 2. The number of rotatable bonds is 8. The van der Waals surface area contributed by atoms with Gasteiger partial charge in [-0.3, -0.25) is 24.1 Å². The topological polar surface area (TPSA) is 85.7 Å². The van der Waals surface area contributed by atoms with Crippen LogP contribution in [-0.2, 0) is 16.1 Å². The summed E-state index contributed by atoms with van der Waals surface area (Å²) in [7, 11) is 0. The Labute approximate surface area is 191 Å². The van der Waals surface area contributed by atoms with Crippen molar-refractivity contribution >= 4 is 23.6 Å². The molecule has 0 fully saturated rings. The normalized spacial score (nSPS) is 12.7. The number of carbonyl (C=O) groups excluding carboxylic acids is 4. The molecule has 1 aliphatic heterocycles. The van der Waals surface area contributed by atoms with E-state index >= 15 is 0 Å². The summed E-state index contributed by atoms with van der Waals surface area (Å²) in [5, 5.41) is 0. The van der Waals surface area contributed by atoms with Gasteiger partial charge in [0.15, 0.2) is 6.61 Å². The Morgan fingerprint density at radius 3 is 2.12 bits per heavy atom. The first-order valence-corrected chi connectivity index (χ1v) is 10.7. The molecule has 2 heterocycles. The van der Waals surface area contributed by atoms with Crippen LogP contribution in [0, 0.1) is 13.8 Å². The second-order valence-corrected chi connectivity index (χ2v) is 8.00. The first-order valence-electron chi connectivity index (χ1n) is 10.7. The fourth-order valence-electron chi connectivity index (χ4n) is 4.03. The molecule has 1 aromatic heterocycles. The van der Waals surface area contributed by atoms with Crippen LogP contribution in [0.5, 0.6) is 0 Å². The van der Waals surface area contributed by atoms with Gasteiger partial charge < -0.3 is 9.30 Å². The largest absolute Gasteiger partial charge is 0.457 e. The molecule has 0 aliphatic carbocycles. The maximum Gasteiger partial charge on any atom is 0.308 e. The number of ketones is 1. The molecule has 7 heteroatoms. The lowest BCUT2D eigenvalue weighted by atomic mass is 10.1. The monoisotopic (exact) mass is 444 g/mol. The molecule has 3 aromatic rings. The fourth-order valence-corrected chi connectivity index (χ4v) is 4.03. The van der Waals surface area contributed by atoms with Crippen molar-refractivity contribution in [1.82, 2.24) is 9.47 Å². The Kier molecular flexibility index (Phi) is 6.22. The average Bonchev–Trinajstić information content (AvgIpc) is 3.24. The molecular weight excluding hydrogens is 420 g/mol. The number of hydrogen-bond acceptors (Lipinski definition) is 5. The van der Waals surface area contributed by atoms with E-state index in [-0.39, 0.29) is 18.7 Å². The lowest BCUT2D eigenvalue weighted by molar-refractivity contribution is -0.142. The number of esters is 1. The van der Waals surface area contributed by atoms with Crippen molar-refractivity contribution in [2.24, 2.45) is 0 Å². The van der Waals surface area contributed by atoms with Gasteiger partial charge in [0.05, 0.1) is 17.5 Å². The van der Waals surface area contributed by atoms with Crippen LogP contribution in [0.2, 0.25) is 0 Å². The molecule has 2 aromatic carbocycles. The second-order valence-electron chi connectivity index (χ2n) is 8.00. The van der Waals surface area contributed by atoms with Gasteiger partial charge in [-0.1, -0.05) is 42.5 Å². The molecule has 168 valence electrons. The molecule has 1 aliphatic rings. The van der Waals surface area contributed by atoms with E-state index in [4.69, 9.17) is 4.74 Å². The summed E-state index contributed by atoms with van der Waals surface area (Å²) in [5.74, 6) is -1.79. The predicted octanol–water partition coefficient (Wildman–Crippen LogP) is 3.57. The molecule has 0 unspecified atom stereocenters. The minimum Gasteiger partial charge on any atom is -0.457 e. The maximum atomic E-state index is 12.7. The predicted molar refractivity (Wildman–Crippen MR) is 121 cm³/mol. The third-order valence-corrected chi connectivity index (χ3v) is 5.84. The number of aromatic nitrogens is 1. The Bertz CT molecular complexity index is 1210. The highest BCUT2D eigenvalue weighted by Crippen LogP contribution is 2.22. The van der Waals surface area contributed by atoms with E-state index in [0.29, 0.717) is 23.2 Å². The van der Waals surface area contributed by atoms with E-state index in [9.17, 15) is 19.2 Å². The van der Waals surface area contributed by atoms with Crippen LogP contribution in [0.1, 0.15) is 54.4 Å². The molecule has 0 atom stereocenters. The highest BCUT2D eigenvalue weighted by molar-refractivity contribution is 6.21. The van der Waals surface area contributed by atoms with Crippen molar-refractivity contribution in [1.29, 1.82) is 0 Å². The van der Waals surface area contributed by atoms with Gasteiger partial charge in [-0.15, -0.1) is 0 Å². The van der Waals surface area contributed by atoms with Crippen LogP contribution >= 0.6 is 0 Å². The number of Topliss-reactive ketones (excluding diaryl/α,β-unsaturated/α-hetero) is 1. The van der Waals surface area contributed by atoms with Crippen molar-refractivity contribution in [2.75, 3.05) is 13.2 Å². The zero-order chi connectivity index (χ0) is 23.5. The lowest BCUT2D eigenvalue weighted by Gasteiger charge is -2.13. The fraction of sp³-hybridized carbons (Fsp3) is 0.231. The van der Waals surface area contributed by atoms with Gasteiger partial charge in [0, 0.05) is 30.0 Å². The summed E-state index contributed by atoms with van der Waals surface area (Å²) in [6, 6.07) is 18.3. The quantitative estimate of drug-likeness (QED) is 0.301. The van der Waals surface area contributed by atoms with Gasteiger partial charge >= 0.3 is 5.97 Å². The van der Waals surface area contributed by atoms with E-state index in [1.165, 1.54) is 0 Å². The van der Waals surface area contributed by atoms with Gasteiger partial charge in [-0.25, -0.2) is 0 Å². The van der Waals surface area contributed by atoms with Crippen LogP contribution < -0.4 is 0 Å². The Morgan fingerprint density at radius 2 is 1.48 bits per heavy atom. The SMILES string of the molecule is Cc1cc(C(=O)COC(=O)CCN2C(=O)c3ccccc3C2=O)c(C)n1Cc1ccccc1. The highest BCUT2D eigenvalue weighted by Gasteiger charge is 2.35. The van der Waals surface area contributed by atoms with Gasteiger partial charge in [0.25, 0.3) is 11.8 Å². The third-order valence-electron chi connectivity index (χ3n) is 5.84. The smallest absolute Gasteiger partial charge is 0.308 e. The number of hydrogen-bond donors (Lipinski definition) is 0. The first kappa shape index (κ1) is 22.2. The maximum absolute atomic E-state index is 12.7. The van der Waals surface area contributed by atoms with Gasteiger partial charge in [-0.2, -0.15) is 0 Å². The second kappa shape index (κ2) is 9.24. The molecular formula is C26H24N2O5. The van der Waals surface area contributed by atoms with E-state index < -0.39 is 24.4 Å². The van der Waals surface area contributed by atoms with Crippen molar-refractivity contribution in [3.05, 3.63) is 94.3 Å². The summed E-state index contributed by atoms with van der Waals surface area (Å²) in [6.07, 6.45) is -0.175. The van der Waals surface area contributed by atoms with Crippen LogP contribution in [-0.4, -0.2) is 46.2 Å².